The van der Waals surface area contributed by atoms with E-state index in [0.29, 0.717) is 29.8 Å². The molecule has 2 saturated heterocycles. The minimum Gasteiger partial charge on any atom is -0.366 e. The summed E-state index contributed by atoms with van der Waals surface area (Å²) >= 11 is 0. The fourth-order valence-corrected chi connectivity index (χ4v) is 3.53. The number of primary amides is 1. The van der Waals surface area contributed by atoms with Crippen molar-refractivity contribution in [3.05, 3.63) is 35.1 Å². The number of carbonyl (C=O) groups excluding carboxylic acids is 1. The summed E-state index contributed by atoms with van der Waals surface area (Å²) in [6.45, 7) is 2.81. The number of rotatable bonds is 4. The van der Waals surface area contributed by atoms with E-state index in [-0.39, 0.29) is 5.82 Å². The highest BCUT2D eigenvalue weighted by Crippen LogP contribution is 2.27. The van der Waals surface area contributed by atoms with Crippen LogP contribution in [0.15, 0.2) is 18.2 Å². The predicted molar refractivity (Wildman–Crippen MR) is 79.4 cm³/mol. The van der Waals surface area contributed by atoms with Gasteiger partial charge in [-0.1, -0.05) is 0 Å². The number of nitrogens with two attached hydrogens (primary N) is 1. The van der Waals surface area contributed by atoms with Gasteiger partial charge in [-0.15, -0.1) is 0 Å². The third kappa shape index (κ3) is 3.24. The second-order valence-electron chi connectivity index (χ2n) is 6.10. The van der Waals surface area contributed by atoms with Gasteiger partial charge in [-0.25, -0.2) is 4.39 Å². The van der Waals surface area contributed by atoms with E-state index in [9.17, 15) is 9.18 Å². The first-order valence-electron chi connectivity index (χ1n) is 7.69. The second kappa shape index (κ2) is 6.12. The molecule has 0 saturated carbocycles. The Morgan fingerprint density at radius 1 is 1.38 bits per heavy atom. The number of hydrogen-bond acceptors (Lipinski definition) is 3. The molecule has 0 aliphatic carbocycles. The molecule has 21 heavy (non-hydrogen) atoms. The summed E-state index contributed by atoms with van der Waals surface area (Å²) in [6.07, 6.45) is 4.82. The van der Waals surface area contributed by atoms with Gasteiger partial charge in [0.25, 0.3) is 0 Å². The molecule has 2 aliphatic heterocycles. The van der Waals surface area contributed by atoms with Gasteiger partial charge in [0.15, 0.2) is 0 Å². The fourth-order valence-electron chi connectivity index (χ4n) is 3.53. The topological polar surface area (TPSA) is 58.4 Å². The molecule has 1 amide bonds. The van der Waals surface area contributed by atoms with Crippen molar-refractivity contribution in [1.82, 2.24) is 10.2 Å². The SMILES string of the molecule is NC(=O)c1ccc(F)c(CNC2CCN3CCCC3C2)c1. The van der Waals surface area contributed by atoms with Crippen LogP contribution in [0.25, 0.3) is 0 Å². The van der Waals surface area contributed by atoms with Gasteiger partial charge in [0.2, 0.25) is 5.91 Å². The summed E-state index contributed by atoms with van der Waals surface area (Å²) in [5.74, 6) is -0.804. The van der Waals surface area contributed by atoms with Crippen LogP contribution in [0.3, 0.4) is 0 Å². The molecular formula is C16H22FN3O. The first-order chi connectivity index (χ1) is 10.1. The molecule has 2 atom stereocenters. The van der Waals surface area contributed by atoms with Crippen molar-refractivity contribution in [3.8, 4) is 0 Å². The minimum absolute atomic E-state index is 0.286. The number of amides is 1. The fraction of sp³-hybridized carbons (Fsp3) is 0.562. The Morgan fingerprint density at radius 3 is 3.05 bits per heavy atom. The maximum Gasteiger partial charge on any atom is 0.248 e. The van der Waals surface area contributed by atoms with Crippen LogP contribution in [0.4, 0.5) is 4.39 Å². The Balaban J connectivity index is 1.60. The smallest absolute Gasteiger partial charge is 0.248 e. The van der Waals surface area contributed by atoms with E-state index in [1.807, 2.05) is 0 Å². The van der Waals surface area contributed by atoms with Crippen LogP contribution >= 0.6 is 0 Å². The first kappa shape index (κ1) is 14.5. The highest BCUT2D eigenvalue weighted by atomic mass is 19.1. The average molecular weight is 291 g/mol. The number of nitrogens with zero attached hydrogens (tertiary/aromatic N) is 1. The maximum absolute atomic E-state index is 13.8. The summed E-state index contributed by atoms with van der Waals surface area (Å²) in [5, 5.41) is 3.44. The van der Waals surface area contributed by atoms with Crippen molar-refractivity contribution in [2.75, 3.05) is 13.1 Å². The summed E-state index contributed by atoms with van der Waals surface area (Å²) in [6, 6.07) is 5.42. The molecule has 5 heteroatoms. The van der Waals surface area contributed by atoms with Crippen LogP contribution in [0.2, 0.25) is 0 Å². The molecule has 0 radical (unpaired) electrons. The molecule has 4 nitrogen and oxygen atoms in total. The quantitative estimate of drug-likeness (QED) is 0.886. The lowest BCUT2D eigenvalue weighted by atomic mass is 9.97. The number of fused-ring (bicyclic) bond motifs is 1. The zero-order chi connectivity index (χ0) is 14.8. The molecular weight excluding hydrogens is 269 g/mol. The largest absolute Gasteiger partial charge is 0.366 e. The number of benzene rings is 1. The van der Waals surface area contributed by atoms with Crippen LogP contribution in [-0.2, 0) is 6.54 Å². The third-order valence-corrected chi connectivity index (χ3v) is 4.73. The highest BCUT2D eigenvalue weighted by molar-refractivity contribution is 5.92. The van der Waals surface area contributed by atoms with Crippen molar-refractivity contribution in [2.45, 2.75) is 44.3 Å². The van der Waals surface area contributed by atoms with Crippen molar-refractivity contribution >= 4 is 5.91 Å². The Hall–Kier alpha value is -1.46. The molecule has 0 bridgehead atoms. The Kier molecular flexibility index (Phi) is 4.22. The lowest BCUT2D eigenvalue weighted by Crippen LogP contribution is -2.45. The van der Waals surface area contributed by atoms with Gasteiger partial charge in [-0.2, -0.15) is 0 Å². The molecule has 2 heterocycles. The summed E-state index contributed by atoms with van der Waals surface area (Å²) in [4.78, 5) is 13.7. The number of carbonyl (C=O) groups is 1. The zero-order valence-electron chi connectivity index (χ0n) is 12.1. The molecule has 1 aromatic carbocycles. The van der Waals surface area contributed by atoms with Crippen LogP contribution in [0, 0.1) is 5.82 Å². The number of halogens is 1. The lowest BCUT2D eigenvalue weighted by molar-refractivity contribution is 0.1000. The van der Waals surface area contributed by atoms with E-state index in [1.54, 1.807) is 6.07 Å². The molecule has 2 unspecified atom stereocenters. The van der Waals surface area contributed by atoms with Gasteiger partial charge in [0.1, 0.15) is 5.82 Å². The van der Waals surface area contributed by atoms with Crippen LogP contribution in [0.1, 0.15) is 41.6 Å². The number of nitrogens with one attached hydrogen (secondary N) is 1. The van der Waals surface area contributed by atoms with Crippen molar-refractivity contribution in [2.24, 2.45) is 5.73 Å². The van der Waals surface area contributed by atoms with Crippen molar-refractivity contribution in [1.29, 1.82) is 0 Å². The van der Waals surface area contributed by atoms with E-state index in [1.165, 1.54) is 31.5 Å². The van der Waals surface area contributed by atoms with Gasteiger partial charge in [0.05, 0.1) is 0 Å². The molecule has 3 N–H and O–H groups in total. The van der Waals surface area contributed by atoms with Gasteiger partial charge in [0, 0.05) is 29.8 Å². The number of piperidine rings is 1. The van der Waals surface area contributed by atoms with Gasteiger partial charge in [-0.05, 0) is 57.0 Å². The zero-order valence-corrected chi connectivity index (χ0v) is 12.1. The summed E-state index contributed by atoms with van der Waals surface area (Å²) < 4.78 is 13.8. The second-order valence-corrected chi connectivity index (χ2v) is 6.10. The minimum atomic E-state index is -0.518. The molecule has 0 spiro atoms. The monoisotopic (exact) mass is 291 g/mol. The van der Waals surface area contributed by atoms with Gasteiger partial charge in [-0.3, -0.25) is 4.79 Å². The Morgan fingerprint density at radius 2 is 2.24 bits per heavy atom. The molecule has 3 rings (SSSR count). The lowest BCUT2D eigenvalue weighted by Gasteiger charge is -2.35. The standard InChI is InChI=1S/C16H22FN3O/c17-15-4-3-11(16(18)21)8-12(15)10-19-13-5-7-20-6-1-2-14(20)9-13/h3-4,8,13-14,19H,1-2,5-7,9-10H2,(H2,18,21). The molecule has 2 fully saturated rings. The first-order valence-corrected chi connectivity index (χ1v) is 7.69. The van der Waals surface area contributed by atoms with Crippen LogP contribution < -0.4 is 11.1 Å². The summed E-state index contributed by atoms with van der Waals surface area (Å²) in [7, 11) is 0. The van der Waals surface area contributed by atoms with Crippen molar-refractivity contribution in [3.63, 3.8) is 0 Å². The van der Waals surface area contributed by atoms with Crippen LogP contribution in [-0.4, -0.2) is 36.0 Å². The van der Waals surface area contributed by atoms with Gasteiger partial charge < -0.3 is 16.0 Å². The Bertz CT molecular complexity index is 534. The maximum atomic E-state index is 13.8. The highest BCUT2D eigenvalue weighted by Gasteiger charge is 2.31. The molecule has 2 aliphatic rings. The van der Waals surface area contributed by atoms with E-state index >= 15 is 0 Å². The summed E-state index contributed by atoms with van der Waals surface area (Å²) in [5.41, 5.74) is 6.12. The normalized spacial score (nSPS) is 25.8. The van der Waals surface area contributed by atoms with Crippen LogP contribution in [0.5, 0.6) is 0 Å². The van der Waals surface area contributed by atoms with E-state index in [4.69, 9.17) is 5.73 Å². The van der Waals surface area contributed by atoms with E-state index in [0.717, 1.165) is 19.4 Å². The Labute approximate surface area is 124 Å². The third-order valence-electron chi connectivity index (χ3n) is 4.73. The molecule has 0 aromatic heterocycles. The van der Waals surface area contributed by atoms with E-state index in [2.05, 4.69) is 10.2 Å². The van der Waals surface area contributed by atoms with E-state index < -0.39 is 5.91 Å². The number of hydrogen-bond donors (Lipinski definition) is 2. The van der Waals surface area contributed by atoms with Gasteiger partial charge >= 0.3 is 0 Å². The van der Waals surface area contributed by atoms with Crippen molar-refractivity contribution < 1.29 is 9.18 Å². The predicted octanol–water partition coefficient (Wildman–Crippen LogP) is 1.64. The molecule has 1 aromatic rings. The average Bonchev–Trinajstić information content (AvgIpc) is 2.93. The molecule has 114 valence electrons.